The minimum absolute atomic E-state index is 0.0833. The number of aromatic carboxylic acids is 2. The summed E-state index contributed by atoms with van der Waals surface area (Å²) in [4.78, 5) is 20.7. The molecule has 0 heterocycles. The van der Waals surface area contributed by atoms with Gasteiger partial charge in [0.05, 0.1) is 11.1 Å². The van der Waals surface area contributed by atoms with Crippen LogP contribution in [0.1, 0.15) is 139 Å². The van der Waals surface area contributed by atoms with Crippen LogP contribution >= 0.6 is 0 Å². The summed E-state index contributed by atoms with van der Waals surface area (Å²) in [6.07, 6.45) is 17.7. The van der Waals surface area contributed by atoms with Gasteiger partial charge in [-0.05, 0) is 24.3 Å². The van der Waals surface area contributed by atoms with Crippen LogP contribution in [0.25, 0.3) is 0 Å². The first kappa shape index (κ1) is 39.9. The number of benzene rings is 1. The van der Waals surface area contributed by atoms with Crippen molar-refractivity contribution in [3.63, 3.8) is 0 Å². The second-order valence-electron chi connectivity index (χ2n) is 10.3. The van der Waals surface area contributed by atoms with E-state index in [4.69, 9.17) is 10.2 Å². The molecule has 0 atom stereocenters. The molecule has 0 fully saturated rings. The predicted octanol–water partition coefficient (Wildman–Crippen LogP) is 10.8. The van der Waals surface area contributed by atoms with Crippen molar-refractivity contribution in [2.24, 2.45) is 0 Å². The molecule has 0 bridgehead atoms. The normalized spacial score (nSPS) is 10.5. The maximum absolute atomic E-state index is 10.3. The van der Waals surface area contributed by atoms with E-state index in [1.54, 1.807) is 26.6 Å². The van der Waals surface area contributed by atoms with E-state index in [1.807, 2.05) is 0 Å². The molecule has 6 heteroatoms. The van der Waals surface area contributed by atoms with Crippen LogP contribution in [-0.2, 0) is 0 Å². The number of rotatable bonds is 20. The third-order valence-corrected chi connectivity index (χ3v) is 24.8. The molecule has 0 saturated heterocycles. The maximum Gasteiger partial charge on any atom is 0.335 e. The first-order chi connectivity index (χ1) is 18.3. The fourth-order valence-electron chi connectivity index (χ4n) is 4.07. The van der Waals surface area contributed by atoms with Gasteiger partial charge in [0.15, 0.2) is 0 Å². The monoisotopic (exact) mass is 748 g/mol. The van der Waals surface area contributed by atoms with Crippen LogP contribution in [0.5, 0.6) is 0 Å². The standard InChI is InChI=1S/C8H6O4.6C4H9.2Sn/c9-7(10)5-1-2-6(4-3-5)8(11)12;6*1-3-4-2;;/h1-4H,(H,9,10)(H,11,12);6*1,3-4H2,2H3;;. The minimum Gasteiger partial charge on any atom is -0.478 e. The van der Waals surface area contributed by atoms with E-state index in [-0.39, 0.29) is 11.1 Å². The van der Waals surface area contributed by atoms with Gasteiger partial charge in [-0.25, -0.2) is 9.59 Å². The summed E-state index contributed by atoms with van der Waals surface area (Å²) < 4.78 is 10.1. The Morgan fingerprint density at radius 2 is 0.658 bits per heavy atom. The summed E-state index contributed by atoms with van der Waals surface area (Å²) in [6.45, 7) is 14.0. The molecular formula is C32H60O4Sn2. The average molecular weight is 746 g/mol. The van der Waals surface area contributed by atoms with Crippen molar-refractivity contribution in [1.29, 1.82) is 0 Å². The number of hydrogen-bond acceptors (Lipinski definition) is 2. The van der Waals surface area contributed by atoms with Crippen molar-refractivity contribution in [2.75, 3.05) is 0 Å². The molecule has 0 aromatic heterocycles. The Labute approximate surface area is 250 Å². The van der Waals surface area contributed by atoms with E-state index in [0.717, 1.165) is 0 Å². The molecule has 4 nitrogen and oxygen atoms in total. The van der Waals surface area contributed by atoms with Gasteiger partial charge in [-0.2, -0.15) is 0 Å². The van der Waals surface area contributed by atoms with Crippen LogP contribution in [0.15, 0.2) is 24.3 Å². The molecule has 0 aliphatic heterocycles. The summed E-state index contributed by atoms with van der Waals surface area (Å²) in [7, 11) is 0. The van der Waals surface area contributed by atoms with Gasteiger partial charge in [0, 0.05) is 0 Å². The molecule has 0 amide bonds. The average Bonchev–Trinajstić information content (AvgIpc) is 2.93. The van der Waals surface area contributed by atoms with Crippen molar-refractivity contribution in [1.82, 2.24) is 0 Å². The fourth-order valence-corrected chi connectivity index (χ4v) is 23.0. The Bertz CT molecular complexity index is 569. The summed E-state index contributed by atoms with van der Waals surface area (Å²) in [5.41, 5.74) is 0.167. The van der Waals surface area contributed by atoms with Gasteiger partial charge < -0.3 is 10.2 Å². The van der Waals surface area contributed by atoms with E-state index in [1.165, 1.54) is 101 Å². The molecule has 2 radical (unpaired) electrons. The van der Waals surface area contributed by atoms with Gasteiger partial charge >= 0.3 is 197 Å². The van der Waals surface area contributed by atoms with Crippen molar-refractivity contribution >= 4 is 51.5 Å². The van der Waals surface area contributed by atoms with Crippen LogP contribution < -0.4 is 0 Å². The van der Waals surface area contributed by atoms with Crippen LogP contribution in [-0.4, -0.2) is 61.7 Å². The van der Waals surface area contributed by atoms with Crippen LogP contribution in [0.2, 0.25) is 26.6 Å². The first-order valence-electron chi connectivity index (χ1n) is 15.5. The van der Waals surface area contributed by atoms with Gasteiger partial charge in [-0.15, -0.1) is 0 Å². The molecule has 0 aliphatic carbocycles. The Balaban J connectivity index is 0. The first-order valence-corrected chi connectivity index (χ1v) is 27.6. The molecule has 0 unspecified atom stereocenters. The van der Waals surface area contributed by atoms with Crippen LogP contribution in [0, 0.1) is 0 Å². The summed E-state index contributed by atoms with van der Waals surface area (Å²) >= 11 is -1.68. The van der Waals surface area contributed by atoms with E-state index >= 15 is 0 Å². The quantitative estimate of drug-likeness (QED) is 0.130. The van der Waals surface area contributed by atoms with E-state index in [0.29, 0.717) is 0 Å². The zero-order chi connectivity index (χ0) is 29.0. The molecule has 38 heavy (non-hydrogen) atoms. The molecule has 1 rings (SSSR count). The number of carboxylic acid groups (broad SMARTS) is 2. The Morgan fingerprint density at radius 3 is 0.789 bits per heavy atom. The van der Waals surface area contributed by atoms with E-state index in [9.17, 15) is 9.59 Å². The zero-order valence-electron chi connectivity index (χ0n) is 25.7. The number of unbranched alkanes of at least 4 members (excludes halogenated alkanes) is 6. The second-order valence-corrected chi connectivity index (χ2v) is 27.4. The molecule has 0 saturated carbocycles. The minimum atomic E-state index is -1.06. The van der Waals surface area contributed by atoms with Gasteiger partial charge in [0.2, 0.25) is 0 Å². The summed E-state index contributed by atoms with van der Waals surface area (Å²) in [6, 6.07) is 5.02. The van der Waals surface area contributed by atoms with Crippen molar-refractivity contribution < 1.29 is 19.8 Å². The van der Waals surface area contributed by atoms with E-state index in [2.05, 4.69) is 41.5 Å². The van der Waals surface area contributed by atoms with Gasteiger partial charge in [-0.1, -0.05) is 0 Å². The van der Waals surface area contributed by atoms with Crippen molar-refractivity contribution in [3.8, 4) is 0 Å². The molecule has 2 N–H and O–H groups in total. The summed E-state index contributed by atoms with van der Waals surface area (Å²) in [5, 5.41) is 16.9. The smallest absolute Gasteiger partial charge is 0.335 e. The number of carboxylic acids is 2. The van der Waals surface area contributed by atoms with Gasteiger partial charge in [0.25, 0.3) is 0 Å². The molecule has 220 valence electrons. The largest absolute Gasteiger partial charge is 0.478 e. The Hall–Kier alpha value is -0.243. The zero-order valence-corrected chi connectivity index (χ0v) is 31.5. The SMILES string of the molecule is CCC[CH2][Sn]([CH2]CCC)[CH2]CCC.CCC[CH2][Sn]([CH2]CCC)[CH2]CCC.O=C(O)c1ccc(C(=O)O)cc1. The number of hydrogen-bond donors (Lipinski definition) is 2. The molecule has 1 aromatic rings. The van der Waals surface area contributed by atoms with Crippen LogP contribution in [0.4, 0.5) is 0 Å². The van der Waals surface area contributed by atoms with Gasteiger partial charge in [0.1, 0.15) is 0 Å². The molecule has 0 spiro atoms. The molecule has 1 aromatic carbocycles. The predicted molar refractivity (Wildman–Crippen MR) is 170 cm³/mol. The second kappa shape index (κ2) is 29.7. The fraction of sp³-hybridized carbons (Fsp3) is 0.750. The maximum atomic E-state index is 10.3. The summed E-state index contributed by atoms with van der Waals surface area (Å²) in [5.74, 6) is -2.13. The van der Waals surface area contributed by atoms with Gasteiger partial charge in [-0.3, -0.25) is 0 Å². The van der Waals surface area contributed by atoms with Crippen molar-refractivity contribution in [3.05, 3.63) is 35.4 Å². The van der Waals surface area contributed by atoms with E-state index < -0.39 is 51.5 Å². The van der Waals surface area contributed by atoms with Crippen molar-refractivity contribution in [2.45, 2.75) is 145 Å². The molecule has 0 aliphatic rings. The Morgan fingerprint density at radius 1 is 0.474 bits per heavy atom. The third kappa shape index (κ3) is 24.8. The Kier molecular flexibility index (Phi) is 31.2. The van der Waals surface area contributed by atoms with Crippen LogP contribution in [0.3, 0.4) is 0 Å². The molecular weight excluding hydrogens is 686 g/mol. The third-order valence-electron chi connectivity index (χ3n) is 6.68. The number of carbonyl (C=O) groups is 2. The topological polar surface area (TPSA) is 74.6 Å².